The molecule has 1 unspecified atom stereocenters. The zero-order valence-electron chi connectivity index (χ0n) is 14.0. The van der Waals surface area contributed by atoms with Crippen LogP contribution in [0.25, 0.3) is 0 Å². The van der Waals surface area contributed by atoms with Crippen LogP contribution in [0.5, 0.6) is 0 Å². The largest absolute Gasteiger partial charge is 0.467 e. The summed E-state index contributed by atoms with van der Waals surface area (Å²) in [5, 5.41) is 5.44. The highest BCUT2D eigenvalue weighted by Gasteiger charge is 2.13. The van der Waals surface area contributed by atoms with Gasteiger partial charge in [-0.05, 0) is 24.6 Å². The Hall–Kier alpha value is -2.76. The lowest BCUT2D eigenvalue weighted by Gasteiger charge is -2.18. The van der Waals surface area contributed by atoms with Gasteiger partial charge in [0, 0.05) is 26.6 Å². The minimum Gasteiger partial charge on any atom is -0.467 e. The Kier molecular flexibility index (Phi) is 6.42. The third kappa shape index (κ3) is 5.46. The lowest BCUT2D eigenvalue weighted by atomic mass is 10.2. The summed E-state index contributed by atoms with van der Waals surface area (Å²) in [6, 6.07) is 12.8. The minimum atomic E-state index is -0.322. The average Bonchev–Trinajstić information content (AvgIpc) is 3.10. The van der Waals surface area contributed by atoms with E-state index in [0.717, 1.165) is 5.56 Å². The zero-order chi connectivity index (χ0) is 17.4. The highest BCUT2D eigenvalue weighted by Crippen LogP contribution is 2.11. The second kappa shape index (κ2) is 8.76. The van der Waals surface area contributed by atoms with Gasteiger partial charge in [0.1, 0.15) is 5.76 Å². The quantitative estimate of drug-likeness (QED) is 0.820. The van der Waals surface area contributed by atoms with E-state index in [-0.39, 0.29) is 30.9 Å². The van der Waals surface area contributed by atoms with E-state index in [0.29, 0.717) is 12.3 Å². The van der Waals surface area contributed by atoms with E-state index in [1.807, 2.05) is 37.3 Å². The van der Waals surface area contributed by atoms with Gasteiger partial charge < -0.3 is 20.0 Å². The van der Waals surface area contributed by atoms with Gasteiger partial charge in [0.25, 0.3) is 0 Å². The van der Waals surface area contributed by atoms with Crippen LogP contribution in [0.4, 0.5) is 4.79 Å². The van der Waals surface area contributed by atoms with E-state index in [1.165, 1.54) is 0 Å². The molecule has 3 amide bonds. The normalized spacial score (nSPS) is 11.6. The Balaban J connectivity index is 1.67. The molecule has 0 bridgehead atoms. The number of carbonyl (C=O) groups is 2. The molecule has 0 fully saturated rings. The van der Waals surface area contributed by atoms with Crippen LogP contribution in [0.2, 0.25) is 0 Å². The predicted octanol–water partition coefficient (Wildman–Crippen LogP) is 2.69. The first kappa shape index (κ1) is 17.6. The van der Waals surface area contributed by atoms with Crippen LogP contribution in [0.3, 0.4) is 0 Å². The van der Waals surface area contributed by atoms with Crippen molar-refractivity contribution in [2.45, 2.75) is 25.9 Å². The first-order valence-corrected chi connectivity index (χ1v) is 7.92. The maximum Gasteiger partial charge on any atom is 0.315 e. The Morgan fingerprint density at radius 2 is 1.92 bits per heavy atom. The summed E-state index contributed by atoms with van der Waals surface area (Å²) in [7, 11) is 1.76. The predicted molar refractivity (Wildman–Crippen MR) is 91.2 cm³/mol. The summed E-state index contributed by atoms with van der Waals surface area (Å²) in [6.45, 7) is 2.67. The molecule has 0 saturated heterocycles. The van der Waals surface area contributed by atoms with Crippen LogP contribution in [0, 0.1) is 0 Å². The highest BCUT2D eigenvalue weighted by atomic mass is 16.3. The van der Waals surface area contributed by atoms with Gasteiger partial charge in [-0.1, -0.05) is 30.3 Å². The number of rotatable bonds is 7. The molecule has 1 aromatic heterocycles. The maximum absolute atomic E-state index is 12.1. The smallest absolute Gasteiger partial charge is 0.315 e. The molecule has 24 heavy (non-hydrogen) atoms. The fourth-order valence-corrected chi connectivity index (χ4v) is 2.28. The third-order valence-corrected chi connectivity index (χ3v) is 3.63. The first-order valence-electron chi connectivity index (χ1n) is 7.92. The van der Waals surface area contributed by atoms with Crippen molar-refractivity contribution < 1.29 is 14.0 Å². The number of urea groups is 1. The second-order valence-corrected chi connectivity index (χ2v) is 5.62. The van der Waals surface area contributed by atoms with Crippen molar-refractivity contribution >= 4 is 11.9 Å². The van der Waals surface area contributed by atoms with E-state index in [4.69, 9.17) is 4.42 Å². The number of nitrogens with one attached hydrogen (secondary N) is 2. The Morgan fingerprint density at radius 1 is 1.17 bits per heavy atom. The Labute approximate surface area is 141 Å². The molecule has 6 nitrogen and oxygen atoms in total. The van der Waals surface area contributed by atoms with Gasteiger partial charge in [-0.3, -0.25) is 4.79 Å². The van der Waals surface area contributed by atoms with Crippen molar-refractivity contribution in [2.24, 2.45) is 0 Å². The van der Waals surface area contributed by atoms with Crippen LogP contribution < -0.4 is 10.6 Å². The molecule has 1 heterocycles. The van der Waals surface area contributed by atoms with E-state index in [1.54, 1.807) is 30.3 Å². The molecule has 0 aliphatic heterocycles. The van der Waals surface area contributed by atoms with Gasteiger partial charge >= 0.3 is 6.03 Å². The van der Waals surface area contributed by atoms with Crippen LogP contribution in [0.15, 0.2) is 53.1 Å². The lowest BCUT2D eigenvalue weighted by Crippen LogP contribution is -2.39. The van der Waals surface area contributed by atoms with Crippen LogP contribution in [-0.4, -0.2) is 30.4 Å². The van der Waals surface area contributed by atoms with Crippen molar-refractivity contribution in [1.29, 1.82) is 0 Å². The first-order chi connectivity index (χ1) is 11.6. The fraction of sp³-hybridized carbons (Fsp3) is 0.333. The van der Waals surface area contributed by atoms with Crippen molar-refractivity contribution in [1.82, 2.24) is 15.5 Å². The molecule has 0 radical (unpaired) electrons. The van der Waals surface area contributed by atoms with E-state index < -0.39 is 0 Å². The van der Waals surface area contributed by atoms with Gasteiger partial charge in [-0.15, -0.1) is 0 Å². The highest BCUT2D eigenvalue weighted by molar-refractivity contribution is 5.78. The molecule has 1 atom stereocenters. The molecule has 6 heteroatoms. The summed E-state index contributed by atoms with van der Waals surface area (Å²) < 4.78 is 5.22. The van der Waals surface area contributed by atoms with Crippen molar-refractivity contribution in [3.8, 4) is 0 Å². The number of amides is 3. The summed E-state index contributed by atoms with van der Waals surface area (Å²) in [5.74, 6) is 0.669. The molecule has 1 aromatic carbocycles. The van der Waals surface area contributed by atoms with Gasteiger partial charge in [-0.25, -0.2) is 4.79 Å². The molecule has 128 valence electrons. The molecule has 2 N–H and O–H groups in total. The third-order valence-electron chi connectivity index (χ3n) is 3.63. The van der Waals surface area contributed by atoms with Gasteiger partial charge in [0.2, 0.25) is 5.91 Å². The number of carbonyl (C=O) groups excluding carboxylic acids is 2. The van der Waals surface area contributed by atoms with Crippen molar-refractivity contribution in [3.05, 3.63) is 60.1 Å². The molecule has 2 rings (SSSR count). The summed E-state index contributed by atoms with van der Waals surface area (Å²) >= 11 is 0. The molecule has 0 spiro atoms. The van der Waals surface area contributed by atoms with E-state index >= 15 is 0 Å². The molecule has 0 aliphatic rings. The van der Waals surface area contributed by atoms with Crippen molar-refractivity contribution in [3.63, 3.8) is 0 Å². The van der Waals surface area contributed by atoms with Crippen LogP contribution >= 0.6 is 0 Å². The van der Waals surface area contributed by atoms with Crippen LogP contribution in [-0.2, 0) is 11.3 Å². The zero-order valence-corrected chi connectivity index (χ0v) is 14.0. The molecular formula is C18H23N3O3. The number of hydrogen-bond acceptors (Lipinski definition) is 3. The lowest BCUT2D eigenvalue weighted by molar-refractivity contribution is -0.130. The monoisotopic (exact) mass is 329 g/mol. The van der Waals surface area contributed by atoms with E-state index in [9.17, 15) is 9.59 Å². The molecule has 0 saturated carbocycles. The SMILES string of the molecule is CC(NC(=O)NCCC(=O)N(C)Cc1ccccc1)c1ccco1. The second-order valence-electron chi connectivity index (χ2n) is 5.62. The standard InChI is InChI=1S/C18H23N3O3/c1-14(16-9-6-12-24-16)20-18(23)19-11-10-17(22)21(2)13-15-7-4-3-5-8-15/h3-9,12,14H,10-11,13H2,1-2H3,(H2,19,20,23). The van der Waals surface area contributed by atoms with Gasteiger partial charge in [0.15, 0.2) is 0 Å². The van der Waals surface area contributed by atoms with Gasteiger partial charge in [0.05, 0.1) is 12.3 Å². The Bertz CT molecular complexity index is 641. The average molecular weight is 329 g/mol. The van der Waals surface area contributed by atoms with Crippen LogP contribution in [0.1, 0.15) is 30.7 Å². The molecule has 0 aliphatic carbocycles. The summed E-state index contributed by atoms with van der Waals surface area (Å²) in [4.78, 5) is 25.5. The summed E-state index contributed by atoms with van der Waals surface area (Å²) in [6.07, 6.45) is 1.82. The fourth-order valence-electron chi connectivity index (χ4n) is 2.28. The number of hydrogen-bond donors (Lipinski definition) is 2. The minimum absolute atomic E-state index is 0.0155. The molecule has 2 aromatic rings. The number of benzene rings is 1. The maximum atomic E-state index is 12.1. The molecular weight excluding hydrogens is 306 g/mol. The van der Waals surface area contributed by atoms with Crippen molar-refractivity contribution in [2.75, 3.05) is 13.6 Å². The summed E-state index contributed by atoms with van der Waals surface area (Å²) in [5.41, 5.74) is 1.08. The number of furan rings is 1. The Morgan fingerprint density at radius 3 is 2.58 bits per heavy atom. The van der Waals surface area contributed by atoms with Gasteiger partial charge in [-0.2, -0.15) is 0 Å². The number of nitrogens with zero attached hydrogens (tertiary/aromatic N) is 1. The topological polar surface area (TPSA) is 74.6 Å². The van der Waals surface area contributed by atoms with E-state index in [2.05, 4.69) is 10.6 Å².